The van der Waals surface area contributed by atoms with Gasteiger partial charge in [0.05, 0.1) is 17.8 Å². The van der Waals surface area contributed by atoms with Crippen molar-refractivity contribution < 1.29 is 14.3 Å². The highest BCUT2D eigenvalue weighted by molar-refractivity contribution is 6.40. The number of nitrogens with one attached hydrogen (secondary N) is 1. The number of hydrazone groups is 1. The molecule has 2 amide bonds. The van der Waals surface area contributed by atoms with Crippen molar-refractivity contribution >= 4 is 23.2 Å². The molecule has 25 heavy (non-hydrogen) atoms. The maximum atomic E-state index is 12.6. The van der Waals surface area contributed by atoms with Gasteiger partial charge in [-0.25, -0.2) is 5.01 Å². The van der Waals surface area contributed by atoms with E-state index in [1.165, 1.54) is 5.01 Å². The fraction of sp³-hybridized carbons (Fsp3) is 0.526. The van der Waals surface area contributed by atoms with Crippen molar-refractivity contribution in [2.75, 3.05) is 11.6 Å². The number of carbonyl (C=O) groups excluding carboxylic acids is 2. The van der Waals surface area contributed by atoms with Crippen molar-refractivity contribution in [3.8, 4) is 0 Å². The summed E-state index contributed by atoms with van der Waals surface area (Å²) in [5.74, 6) is -0.303. The zero-order valence-corrected chi connectivity index (χ0v) is 15.0. The number of rotatable bonds is 4. The van der Waals surface area contributed by atoms with E-state index < -0.39 is 0 Å². The minimum Gasteiger partial charge on any atom is -0.376 e. The van der Waals surface area contributed by atoms with Gasteiger partial charge in [-0.05, 0) is 50.8 Å². The summed E-state index contributed by atoms with van der Waals surface area (Å²) in [6.07, 6.45) is 2.70. The second-order valence-electron chi connectivity index (χ2n) is 6.86. The lowest BCUT2D eigenvalue weighted by Crippen LogP contribution is -2.46. The van der Waals surface area contributed by atoms with Crippen LogP contribution in [0.1, 0.15) is 43.7 Å². The van der Waals surface area contributed by atoms with Gasteiger partial charge >= 0.3 is 0 Å². The van der Waals surface area contributed by atoms with E-state index in [-0.39, 0.29) is 30.4 Å². The zero-order valence-electron chi connectivity index (χ0n) is 15.0. The van der Waals surface area contributed by atoms with Gasteiger partial charge in [0.25, 0.3) is 5.91 Å². The third kappa shape index (κ3) is 3.90. The molecule has 0 radical (unpaired) electrons. The van der Waals surface area contributed by atoms with Gasteiger partial charge in [-0.15, -0.1) is 0 Å². The smallest absolute Gasteiger partial charge is 0.267 e. The number of ether oxygens (including phenoxy) is 1. The molecule has 1 N–H and O–H groups in total. The van der Waals surface area contributed by atoms with E-state index in [0.29, 0.717) is 12.1 Å². The highest BCUT2D eigenvalue weighted by atomic mass is 16.5. The fourth-order valence-electron chi connectivity index (χ4n) is 3.23. The minimum atomic E-state index is -0.217. The Kier molecular flexibility index (Phi) is 5.18. The molecule has 0 aliphatic carbocycles. The van der Waals surface area contributed by atoms with E-state index >= 15 is 0 Å². The summed E-state index contributed by atoms with van der Waals surface area (Å²) >= 11 is 0. The van der Waals surface area contributed by atoms with Gasteiger partial charge in [0.1, 0.15) is 5.71 Å². The summed E-state index contributed by atoms with van der Waals surface area (Å²) < 4.78 is 5.62. The molecular formula is C19H25N3O3. The third-order valence-corrected chi connectivity index (χ3v) is 4.77. The van der Waals surface area contributed by atoms with E-state index in [0.717, 1.165) is 36.3 Å². The van der Waals surface area contributed by atoms with Gasteiger partial charge < -0.3 is 10.1 Å². The summed E-state index contributed by atoms with van der Waals surface area (Å²) in [4.78, 5) is 24.9. The average molecular weight is 343 g/mol. The molecule has 1 aromatic carbocycles. The van der Waals surface area contributed by atoms with E-state index in [2.05, 4.69) is 10.4 Å². The highest BCUT2D eigenvalue weighted by Crippen LogP contribution is 2.25. The second kappa shape index (κ2) is 7.35. The number of hydrogen-bond acceptors (Lipinski definition) is 4. The van der Waals surface area contributed by atoms with Gasteiger partial charge in [0.2, 0.25) is 5.91 Å². The van der Waals surface area contributed by atoms with Crippen LogP contribution < -0.4 is 10.3 Å². The Morgan fingerprint density at radius 1 is 1.36 bits per heavy atom. The zero-order chi connectivity index (χ0) is 18.0. The van der Waals surface area contributed by atoms with E-state index in [1.807, 2.05) is 39.0 Å². The SMILES string of the molecule is Cc1ccc(C)c(N2N=C(C(=O)N[C@@H](C)[C@@H]3CCCO3)CCC2=O)c1. The van der Waals surface area contributed by atoms with Gasteiger partial charge in [-0.2, -0.15) is 5.10 Å². The Bertz CT molecular complexity index is 708. The first kappa shape index (κ1) is 17.6. The van der Waals surface area contributed by atoms with Crippen LogP contribution in [0.5, 0.6) is 0 Å². The van der Waals surface area contributed by atoms with E-state index in [4.69, 9.17) is 4.74 Å². The minimum absolute atomic E-state index is 0.0601. The molecule has 0 aromatic heterocycles. The van der Waals surface area contributed by atoms with Crippen LogP contribution in [0, 0.1) is 13.8 Å². The van der Waals surface area contributed by atoms with Crippen molar-refractivity contribution in [1.82, 2.24) is 5.32 Å². The van der Waals surface area contributed by atoms with Crippen LogP contribution >= 0.6 is 0 Å². The first-order valence-electron chi connectivity index (χ1n) is 8.86. The van der Waals surface area contributed by atoms with Crippen LogP contribution in [0.15, 0.2) is 23.3 Å². The number of hydrogen-bond donors (Lipinski definition) is 1. The first-order chi connectivity index (χ1) is 12.0. The first-order valence-corrected chi connectivity index (χ1v) is 8.86. The van der Waals surface area contributed by atoms with Gasteiger partial charge in [-0.3, -0.25) is 9.59 Å². The second-order valence-corrected chi connectivity index (χ2v) is 6.86. The van der Waals surface area contributed by atoms with Gasteiger partial charge in [0, 0.05) is 19.4 Å². The lowest BCUT2D eigenvalue weighted by molar-refractivity contribution is -0.119. The monoisotopic (exact) mass is 343 g/mol. The van der Waals surface area contributed by atoms with Gasteiger partial charge in [0.15, 0.2) is 0 Å². The largest absolute Gasteiger partial charge is 0.376 e. The number of carbonyl (C=O) groups is 2. The van der Waals surface area contributed by atoms with Crippen molar-refractivity contribution in [1.29, 1.82) is 0 Å². The van der Waals surface area contributed by atoms with Crippen LogP contribution in [0.4, 0.5) is 5.69 Å². The molecule has 2 aliphatic heterocycles. The van der Waals surface area contributed by atoms with E-state index in [1.54, 1.807) is 0 Å². The Balaban J connectivity index is 1.78. The quantitative estimate of drug-likeness (QED) is 0.913. The maximum absolute atomic E-state index is 12.6. The molecule has 1 aromatic rings. The molecule has 0 unspecified atom stereocenters. The lowest BCUT2D eigenvalue weighted by atomic mass is 10.1. The molecule has 2 atom stereocenters. The van der Waals surface area contributed by atoms with Crippen LogP contribution in [0.25, 0.3) is 0 Å². The van der Waals surface area contributed by atoms with Crippen LogP contribution in [-0.2, 0) is 14.3 Å². The summed E-state index contributed by atoms with van der Waals surface area (Å²) in [6.45, 7) is 6.61. The molecule has 3 rings (SSSR count). The van der Waals surface area contributed by atoms with Crippen molar-refractivity contribution in [3.63, 3.8) is 0 Å². The molecule has 1 saturated heterocycles. The molecule has 0 bridgehead atoms. The Morgan fingerprint density at radius 3 is 2.88 bits per heavy atom. The molecule has 1 fully saturated rings. The van der Waals surface area contributed by atoms with Crippen LogP contribution in [-0.4, -0.2) is 36.3 Å². The van der Waals surface area contributed by atoms with Gasteiger partial charge in [-0.1, -0.05) is 12.1 Å². The lowest BCUT2D eigenvalue weighted by Gasteiger charge is -2.26. The summed E-state index contributed by atoms with van der Waals surface area (Å²) in [6, 6.07) is 5.81. The summed E-state index contributed by atoms with van der Waals surface area (Å²) in [5.41, 5.74) is 3.14. The number of nitrogens with zero attached hydrogens (tertiary/aromatic N) is 2. The van der Waals surface area contributed by atoms with Crippen LogP contribution in [0.3, 0.4) is 0 Å². The molecule has 0 saturated carbocycles. The molecule has 134 valence electrons. The fourth-order valence-corrected chi connectivity index (χ4v) is 3.23. The Morgan fingerprint density at radius 2 is 2.16 bits per heavy atom. The molecule has 6 heteroatoms. The third-order valence-electron chi connectivity index (χ3n) is 4.77. The average Bonchev–Trinajstić information content (AvgIpc) is 3.12. The standard InChI is InChI=1S/C19H25N3O3/c1-12-6-7-13(2)16(11-12)22-18(23)9-8-15(21-22)19(24)20-14(3)17-5-4-10-25-17/h6-7,11,14,17H,4-5,8-10H2,1-3H3,(H,20,24)/t14-,17-/m0/s1. The topological polar surface area (TPSA) is 71.0 Å². The number of anilines is 1. The highest BCUT2D eigenvalue weighted by Gasteiger charge is 2.29. The van der Waals surface area contributed by atoms with Crippen molar-refractivity contribution in [3.05, 3.63) is 29.3 Å². The summed E-state index contributed by atoms with van der Waals surface area (Å²) in [5, 5.41) is 8.71. The van der Waals surface area contributed by atoms with Crippen molar-refractivity contribution in [2.45, 2.75) is 58.6 Å². The summed E-state index contributed by atoms with van der Waals surface area (Å²) in [7, 11) is 0. The normalized spacial score (nSPS) is 21.9. The molecule has 2 aliphatic rings. The molecule has 6 nitrogen and oxygen atoms in total. The van der Waals surface area contributed by atoms with Crippen molar-refractivity contribution in [2.24, 2.45) is 5.10 Å². The van der Waals surface area contributed by atoms with E-state index in [9.17, 15) is 9.59 Å². The molecule has 2 heterocycles. The predicted molar refractivity (Wildman–Crippen MR) is 96.6 cm³/mol. The number of benzene rings is 1. The Hall–Kier alpha value is -2.21. The number of amides is 2. The molecular weight excluding hydrogens is 318 g/mol. The predicted octanol–water partition coefficient (Wildman–Crippen LogP) is 2.47. The Labute approximate surface area is 148 Å². The number of aryl methyl sites for hydroxylation is 2. The molecule has 0 spiro atoms. The van der Waals surface area contributed by atoms with Crippen LogP contribution in [0.2, 0.25) is 0 Å². The maximum Gasteiger partial charge on any atom is 0.267 e.